The van der Waals surface area contributed by atoms with Crippen LogP contribution in [0.1, 0.15) is 20.8 Å². The molecule has 0 amide bonds. The van der Waals surface area contributed by atoms with E-state index in [2.05, 4.69) is 45.9 Å². The Hall–Kier alpha value is -1.08. The molecule has 1 aromatic rings. The standard InChI is InChI=1S/C12H21N5OS/c1-4-19-12-15-10(13-9(2)3)14-11(16-12)17-5-7-18-8-6-17/h9H,4-8H2,1-3H3,(H,13,14,15,16). The lowest BCUT2D eigenvalue weighted by Gasteiger charge is -2.27. The van der Waals surface area contributed by atoms with E-state index in [0.29, 0.717) is 12.0 Å². The molecule has 1 aliphatic rings. The van der Waals surface area contributed by atoms with Gasteiger partial charge < -0.3 is 15.0 Å². The van der Waals surface area contributed by atoms with Crippen LogP contribution in [0.2, 0.25) is 0 Å². The summed E-state index contributed by atoms with van der Waals surface area (Å²) in [6, 6.07) is 0.305. The highest BCUT2D eigenvalue weighted by Gasteiger charge is 2.16. The van der Waals surface area contributed by atoms with Crippen molar-refractivity contribution in [2.75, 3.05) is 42.3 Å². The molecule has 0 atom stereocenters. The number of nitrogens with zero attached hydrogens (tertiary/aromatic N) is 4. The number of hydrogen-bond donors (Lipinski definition) is 1. The first-order valence-corrected chi connectivity index (χ1v) is 7.65. The van der Waals surface area contributed by atoms with Crippen LogP contribution in [0.3, 0.4) is 0 Å². The third kappa shape index (κ3) is 4.21. The van der Waals surface area contributed by atoms with Crippen LogP contribution in [-0.2, 0) is 4.74 Å². The van der Waals surface area contributed by atoms with Gasteiger partial charge >= 0.3 is 0 Å². The summed E-state index contributed by atoms with van der Waals surface area (Å²) in [4.78, 5) is 15.6. The van der Waals surface area contributed by atoms with E-state index in [0.717, 1.165) is 43.2 Å². The highest BCUT2D eigenvalue weighted by molar-refractivity contribution is 7.99. The molecule has 1 N–H and O–H groups in total. The lowest BCUT2D eigenvalue weighted by molar-refractivity contribution is 0.122. The van der Waals surface area contributed by atoms with Crippen LogP contribution in [0.5, 0.6) is 0 Å². The zero-order valence-electron chi connectivity index (χ0n) is 11.7. The molecule has 1 aliphatic heterocycles. The van der Waals surface area contributed by atoms with Crippen LogP contribution < -0.4 is 10.2 Å². The molecule has 106 valence electrons. The second-order valence-corrected chi connectivity index (χ2v) is 5.80. The van der Waals surface area contributed by atoms with Gasteiger partial charge in [-0.15, -0.1) is 0 Å². The van der Waals surface area contributed by atoms with Crippen molar-refractivity contribution in [2.45, 2.75) is 32.0 Å². The average molecular weight is 283 g/mol. The number of anilines is 2. The van der Waals surface area contributed by atoms with E-state index >= 15 is 0 Å². The number of nitrogens with one attached hydrogen (secondary N) is 1. The Morgan fingerprint density at radius 1 is 1.26 bits per heavy atom. The molecule has 0 saturated carbocycles. The fourth-order valence-electron chi connectivity index (χ4n) is 1.77. The van der Waals surface area contributed by atoms with Gasteiger partial charge in [0, 0.05) is 19.1 Å². The lowest BCUT2D eigenvalue weighted by Crippen LogP contribution is -2.37. The number of morpholine rings is 1. The van der Waals surface area contributed by atoms with Crippen molar-refractivity contribution in [1.29, 1.82) is 0 Å². The summed E-state index contributed by atoms with van der Waals surface area (Å²) in [6.45, 7) is 9.38. The van der Waals surface area contributed by atoms with E-state index in [4.69, 9.17) is 4.74 Å². The second kappa shape index (κ2) is 6.91. The van der Waals surface area contributed by atoms with Gasteiger partial charge in [-0.1, -0.05) is 18.7 Å². The first kappa shape index (κ1) is 14.3. The van der Waals surface area contributed by atoms with E-state index < -0.39 is 0 Å². The summed E-state index contributed by atoms with van der Waals surface area (Å²) in [5.41, 5.74) is 0. The summed E-state index contributed by atoms with van der Waals surface area (Å²) < 4.78 is 5.36. The third-order valence-electron chi connectivity index (χ3n) is 2.59. The Balaban J connectivity index is 2.21. The molecule has 7 heteroatoms. The van der Waals surface area contributed by atoms with Crippen LogP contribution in [0.4, 0.5) is 11.9 Å². The van der Waals surface area contributed by atoms with Crippen molar-refractivity contribution < 1.29 is 4.74 Å². The van der Waals surface area contributed by atoms with Crippen molar-refractivity contribution in [3.63, 3.8) is 0 Å². The smallest absolute Gasteiger partial charge is 0.231 e. The summed E-state index contributed by atoms with van der Waals surface area (Å²) in [5.74, 6) is 2.35. The van der Waals surface area contributed by atoms with Crippen molar-refractivity contribution >= 4 is 23.7 Å². The van der Waals surface area contributed by atoms with E-state index in [1.807, 2.05) is 0 Å². The van der Waals surface area contributed by atoms with E-state index in [1.165, 1.54) is 0 Å². The van der Waals surface area contributed by atoms with Gasteiger partial charge in [0.2, 0.25) is 11.9 Å². The van der Waals surface area contributed by atoms with Gasteiger partial charge in [-0.3, -0.25) is 0 Å². The fraction of sp³-hybridized carbons (Fsp3) is 0.750. The van der Waals surface area contributed by atoms with Gasteiger partial charge in [0.25, 0.3) is 0 Å². The zero-order valence-corrected chi connectivity index (χ0v) is 12.5. The molecule has 0 aliphatic carbocycles. The number of hydrogen-bond acceptors (Lipinski definition) is 7. The molecule has 1 fully saturated rings. The highest BCUT2D eigenvalue weighted by Crippen LogP contribution is 2.19. The molecular formula is C12H21N5OS. The molecule has 2 heterocycles. The number of aromatic nitrogens is 3. The summed E-state index contributed by atoms with van der Waals surface area (Å²) in [5, 5.41) is 4.03. The average Bonchev–Trinajstić information content (AvgIpc) is 2.39. The van der Waals surface area contributed by atoms with Crippen LogP contribution >= 0.6 is 11.8 Å². The van der Waals surface area contributed by atoms with Gasteiger partial charge in [-0.2, -0.15) is 15.0 Å². The molecular weight excluding hydrogens is 262 g/mol. The van der Waals surface area contributed by atoms with E-state index in [9.17, 15) is 0 Å². The summed E-state index contributed by atoms with van der Waals surface area (Å²) in [6.07, 6.45) is 0. The van der Waals surface area contributed by atoms with Crippen molar-refractivity contribution in [2.24, 2.45) is 0 Å². The number of thioether (sulfide) groups is 1. The van der Waals surface area contributed by atoms with E-state index in [-0.39, 0.29) is 0 Å². The Labute approximate surface area is 118 Å². The minimum atomic E-state index is 0.305. The molecule has 1 aromatic heterocycles. The molecule has 6 nitrogen and oxygen atoms in total. The van der Waals surface area contributed by atoms with Gasteiger partial charge in [-0.25, -0.2) is 0 Å². The molecule has 2 rings (SSSR count). The van der Waals surface area contributed by atoms with Crippen LogP contribution in [0, 0.1) is 0 Å². The molecule has 0 spiro atoms. The Morgan fingerprint density at radius 3 is 2.63 bits per heavy atom. The summed E-state index contributed by atoms with van der Waals surface area (Å²) >= 11 is 1.63. The van der Waals surface area contributed by atoms with Gasteiger partial charge in [0.1, 0.15) is 0 Å². The minimum Gasteiger partial charge on any atom is -0.378 e. The number of rotatable bonds is 5. The van der Waals surface area contributed by atoms with Crippen LogP contribution in [0.15, 0.2) is 5.16 Å². The first-order chi connectivity index (χ1) is 9.19. The zero-order chi connectivity index (χ0) is 13.7. The van der Waals surface area contributed by atoms with Crippen molar-refractivity contribution in [1.82, 2.24) is 15.0 Å². The SMILES string of the molecule is CCSc1nc(NC(C)C)nc(N2CCOCC2)n1. The topological polar surface area (TPSA) is 63.2 Å². The van der Waals surface area contributed by atoms with Gasteiger partial charge in [-0.05, 0) is 19.6 Å². The normalized spacial score (nSPS) is 15.9. The Morgan fingerprint density at radius 2 is 2.00 bits per heavy atom. The number of ether oxygens (including phenoxy) is 1. The second-order valence-electron chi connectivity index (χ2n) is 4.57. The van der Waals surface area contributed by atoms with Crippen LogP contribution in [0.25, 0.3) is 0 Å². The maximum Gasteiger partial charge on any atom is 0.231 e. The Bertz CT molecular complexity index is 409. The molecule has 19 heavy (non-hydrogen) atoms. The fourth-order valence-corrected chi connectivity index (χ4v) is 2.32. The quantitative estimate of drug-likeness (QED) is 0.824. The summed E-state index contributed by atoms with van der Waals surface area (Å²) in [7, 11) is 0. The molecule has 0 bridgehead atoms. The van der Waals surface area contributed by atoms with E-state index in [1.54, 1.807) is 11.8 Å². The Kier molecular flexibility index (Phi) is 5.21. The molecule has 0 aromatic carbocycles. The highest BCUT2D eigenvalue weighted by atomic mass is 32.2. The molecule has 0 radical (unpaired) electrons. The third-order valence-corrected chi connectivity index (χ3v) is 3.32. The minimum absolute atomic E-state index is 0.305. The van der Waals surface area contributed by atoms with Gasteiger partial charge in [0.15, 0.2) is 5.16 Å². The maximum atomic E-state index is 5.36. The largest absolute Gasteiger partial charge is 0.378 e. The predicted octanol–water partition coefficient (Wildman–Crippen LogP) is 1.64. The molecule has 0 unspecified atom stereocenters. The lowest BCUT2D eigenvalue weighted by atomic mass is 10.4. The van der Waals surface area contributed by atoms with Crippen molar-refractivity contribution in [3.8, 4) is 0 Å². The first-order valence-electron chi connectivity index (χ1n) is 6.67. The maximum absolute atomic E-state index is 5.36. The van der Waals surface area contributed by atoms with Crippen molar-refractivity contribution in [3.05, 3.63) is 0 Å². The van der Waals surface area contributed by atoms with Gasteiger partial charge in [0.05, 0.1) is 13.2 Å². The predicted molar refractivity (Wildman–Crippen MR) is 78.0 cm³/mol. The monoisotopic (exact) mass is 283 g/mol. The molecule has 1 saturated heterocycles. The van der Waals surface area contributed by atoms with Crippen LogP contribution in [-0.4, -0.2) is 53.0 Å².